The second kappa shape index (κ2) is 6.37. The third-order valence-electron chi connectivity index (χ3n) is 2.97. The lowest BCUT2D eigenvalue weighted by molar-refractivity contribution is 0.102. The summed E-state index contributed by atoms with van der Waals surface area (Å²) >= 11 is 4.66. The van der Waals surface area contributed by atoms with E-state index in [0.29, 0.717) is 16.4 Å². The maximum atomic E-state index is 12.9. The summed E-state index contributed by atoms with van der Waals surface area (Å²) in [4.78, 5) is 16.5. The van der Waals surface area contributed by atoms with E-state index in [-0.39, 0.29) is 11.7 Å². The van der Waals surface area contributed by atoms with E-state index in [9.17, 15) is 9.18 Å². The predicted octanol–water partition coefficient (Wildman–Crippen LogP) is 4.96. The van der Waals surface area contributed by atoms with Gasteiger partial charge in [-0.15, -0.1) is 11.3 Å². The van der Waals surface area contributed by atoms with Crippen molar-refractivity contribution in [1.82, 2.24) is 4.98 Å². The average molecular weight is 377 g/mol. The van der Waals surface area contributed by atoms with Gasteiger partial charge in [-0.3, -0.25) is 10.1 Å². The number of benzene rings is 2. The predicted molar refractivity (Wildman–Crippen MR) is 89.6 cm³/mol. The molecule has 0 radical (unpaired) electrons. The SMILES string of the molecule is O=C(Nc1nc(-c2ccc(F)cc2)cs1)c1ccc(Br)cc1. The molecule has 0 unspecified atom stereocenters. The lowest BCUT2D eigenvalue weighted by atomic mass is 10.2. The molecule has 1 N–H and O–H groups in total. The molecule has 1 heterocycles. The fourth-order valence-corrected chi connectivity index (χ4v) is 2.83. The molecule has 0 aliphatic rings. The molecule has 2 aromatic carbocycles. The number of hydrogen-bond donors (Lipinski definition) is 1. The zero-order valence-corrected chi connectivity index (χ0v) is 13.6. The van der Waals surface area contributed by atoms with Gasteiger partial charge in [0.1, 0.15) is 5.82 Å². The molecule has 0 aliphatic carbocycles. The zero-order chi connectivity index (χ0) is 15.5. The minimum atomic E-state index is -0.289. The average Bonchev–Trinajstić information content (AvgIpc) is 2.97. The van der Waals surface area contributed by atoms with Gasteiger partial charge in [-0.05, 0) is 48.5 Å². The number of hydrogen-bond acceptors (Lipinski definition) is 3. The highest BCUT2D eigenvalue weighted by atomic mass is 79.9. The highest BCUT2D eigenvalue weighted by Gasteiger charge is 2.10. The summed E-state index contributed by atoms with van der Waals surface area (Å²) in [6, 6.07) is 13.2. The van der Waals surface area contributed by atoms with Crippen molar-refractivity contribution in [2.75, 3.05) is 5.32 Å². The first-order chi connectivity index (χ1) is 10.6. The Bertz CT molecular complexity index is 800. The standard InChI is InChI=1S/C16H10BrFN2OS/c17-12-5-1-11(2-6-12)15(21)20-16-19-14(9-22-16)10-3-7-13(18)8-4-10/h1-9H,(H,19,20,21). The van der Waals surface area contributed by atoms with Gasteiger partial charge in [0.25, 0.3) is 5.91 Å². The number of amides is 1. The summed E-state index contributed by atoms with van der Waals surface area (Å²) in [5.74, 6) is -0.504. The van der Waals surface area contributed by atoms with Gasteiger partial charge >= 0.3 is 0 Å². The minimum absolute atomic E-state index is 0.215. The van der Waals surface area contributed by atoms with Gasteiger partial charge in [-0.2, -0.15) is 0 Å². The van der Waals surface area contributed by atoms with Gasteiger partial charge in [0.2, 0.25) is 0 Å². The fourth-order valence-electron chi connectivity index (χ4n) is 1.85. The van der Waals surface area contributed by atoms with E-state index in [1.54, 1.807) is 36.4 Å². The van der Waals surface area contributed by atoms with Crippen LogP contribution in [-0.2, 0) is 0 Å². The van der Waals surface area contributed by atoms with E-state index in [2.05, 4.69) is 26.2 Å². The van der Waals surface area contributed by atoms with Gasteiger partial charge in [0, 0.05) is 21.0 Å². The second-order valence-corrected chi connectivity index (χ2v) is 6.28. The molecule has 0 atom stereocenters. The van der Waals surface area contributed by atoms with Gasteiger partial charge in [0.05, 0.1) is 5.69 Å². The first-order valence-corrected chi connectivity index (χ1v) is 8.07. The number of nitrogens with zero attached hydrogens (tertiary/aromatic N) is 1. The largest absolute Gasteiger partial charge is 0.298 e. The molecule has 0 saturated carbocycles. The van der Waals surface area contributed by atoms with E-state index < -0.39 is 0 Å². The molecular formula is C16H10BrFN2OS. The van der Waals surface area contributed by atoms with Crippen LogP contribution in [0.4, 0.5) is 9.52 Å². The van der Waals surface area contributed by atoms with Crippen molar-refractivity contribution >= 4 is 38.3 Å². The van der Waals surface area contributed by atoms with E-state index in [1.807, 2.05) is 5.38 Å². The van der Waals surface area contributed by atoms with Crippen LogP contribution >= 0.6 is 27.3 Å². The monoisotopic (exact) mass is 376 g/mol. The van der Waals surface area contributed by atoms with E-state index in [1.165, 1.54) is 23.5 Å². The summed E-state index contributed by atoms with van der Waals surface area (Å²) in [5.41, 5.74) is 2.07. The Morgan fingerprint density at radius 1 is 1.09 bits per heavy atom. The van der Waals surface area contributed by atoms with Gasteiger partial charge in [-0.25, -0.2) is 9.37 Å². The molecule has 0 saturated heterocycles. The molecule has 0 bridgehead atoms. The second-order valence-electron chi connectivity index (χ2n) is 4.51. The molecule has 1 amide bonds. The summed E-state index contributed by atoms with van der Waals surface area (Å²) < 4.78 is 13.8. The van der Waals surface area contributed by atoms with Gasteiger partial charge in [-0.1, -0.05) is 15.9 Å². The third-order valence-corrected chi connectivity index (χ3v) is 4.26. The smallest absolute Gasteiger partial charge is 0.257 e. The molecule has 0 spiro atoms. The topological polar surface area (TPSA) is 42.0 Å². The van der Waals surface area contributed by atoms with Crippen molar-refractivity contribution < 1.29 is 9.18 Å². The summed E-state index contributed by atoms with van der Waals surface area (Å²) in [5, 5.41) is 5.09. The number of aromatic nitrogens is 1. The molecule has 3 nitrogen and oxygen atoms in total. The van der Waals surface area contributed by atoms with Crippen LogP contribution in [0.25, 0.3) is 11.3 Å². The van der Waals surface area contributed by atoms with Crippen molar-refractivity contribution in [2.24, 2.45) is 0 Å². The quantitative estimate of drug-likeness (QED) is 0.701. The molecule has 110 valence electrons. The van der Waals surface area contributed by atoms with Crippen LogP contribution in [0, 0.1) is 5.82 Å². The van der Waals surface area contributed by atoms with Crippen molar-refractivity contribution in [3.63, 3.8) is 0 Å². The summed E-state index contributed by atoms with van der Waals surface area (Å²) in [7, 11) is 0. The van der Waals surface area contributed by atoms with Crippen LogP contribution in [0.1, 0.15) is 10.4 Å². The molecule has 0 fully saturated rings. The van der Waals surface area contributed by atoms with Crippen LogP contribution in [0.3, 0.4) is 0 Å². The highest BCUT2D eigenvalue weighted by Crippen LogP contribution is 2.25. The lowest BCUT2D eigenvalue weighted by Crippen LogP contribution is -2.11. The first-order valence-electron chi connectivity index (χ1n) is 6.40. The van der Waals surface area contributed by atoms with Gasteiger partial charge < -0.3 is 0 Å². The Labute approximate surface area is 139 Å². The Morgan fingerprint density at radius 3 is 2.45 bits per heavy atom. The van der Waals surface area contributed by atoms with Crippen LogP contribution in [0.15, 0.2) is 58.4 Å². The van der Waals surface area contributed by atoms with E-state index in [4.69, 9.17) is 0 Å². The zero-order valence-electron chi connectivity index (χ0n) is 11.2. The van der Waals surface area contributed by atoms with Crippen molar-refractivity contribution in [3.05, 3.63) is 69.8 Å². The highest BCUT2D eigenvalue weighted by molar-refractivity contribution is 9.10. The normalized spacial score (nSPS) is 10.5. The third kappa shape index (κ3) is 3.40. The Morgan fingerprint density at radius 2 is 1.77 bits per heavy atom. The lowest BCUT2D eigenvalue weighted by Gasteiger charge is -2.01. The van der Waals surface area contributed by atoms with E-state index in [0.717, 1.165) is 10.0 Å². The fraction of sp³-hybridized carbons (Fsp3) is 0. The molecule has 0 aliphatic heterocycles. The number of anilines is 1. The minimum Gasteiger partial charge on any atom is -0.298 e. The number of carbonyl (C=O) groups excluding carboxylic acids is 1. The van der Waals surface area contributed by atoms with Crippen LogP contribution in [0.5, 0.6) is 0 Å². The maximum absolute atomic E-state index is 12.9. The van der Waals surface area contributed by atoms with Crippen molar-refractivity contribution in [3.8, 4) is 11.3 Å². The number of rotatable bonds is 3. The van der Waals surface area contributed by atoms with Gasteiger partial charge in [0.15, 0.2) is 5.13 Å². The summed E-state index contributed by atoms with van der Waals surface area (Å²) in [6.45, 7) is 0. The van der Waals surface area contributed by atoms with Crippen molar-refractivity contribution in [2.45, 2.75) is 0 Å². The van der Waals surface area contributed by atoms with Crippen LogP contribution in [-0.4, -0.2) is 10.9 Å². The van der Waals surface area contributed by atoms with E-state index >= 15 is 0 Å². The maximum Gasteiger partial charge on any atom is 0.257 e. The van der Waals surface area contributed by atoms with Crippen molar-refractivity contribution in [1.29, 1.82) is 0 Å². The molecule has 3 aromatic rings. The Hall–Kier alpha value is -2.05. The molecule has 22 heavy (non-hydrogen) atoms. The Balaban J connectivity index is 1.75. The molecule has 6 heteroatoms. The number of carbonyl (C=O) groups is 1. The first kappa shape index (κ1) is 14.9. The summed E-state index contributed by atoms with van der Waals surface area (Å²) in [6.07, 6.45) is 0. The van der Waals surface area contributed by atoms with Crippen LogP contribution in [0.2, 0.25) is 0 Å². The Kier molecular flexibility index (Phi) is 4.31. The van der Waals surface area contributed by atoms with Crippen LogP contribution < -0.4 is 5.32 Å². The number of halogens is 2. The number of nitrogens with one attached hydrogen (secondary N) is 1. The molecular weight excluding hydrogens is 367 g/mol. The number of thiazole rings is 1. The molecule has 3 rings (SSSR count). The molecule has 1 aromatic heterocycles.